The Bertz CT molecular complexity index is 476. The van der Waals surface area contributed by atoms with Crippen LogP contribution in [0.25, 0.3) is 0 Å². The smallest absolute Gasteiger partial charge is 0.391 e. The molecule has 1 aromatic heterocycles. The van der Waals surface area contributed by atoms with Crippen molar-refractivity contribution >= 4 is 5.91 Å². The van der Waals surface area contributed by atoms with Crippen molar-refractivity contribution in [3.05, 3.63) is 29.6 Å². The molecular formula is C12H13F3N2O2. The minimum atomic E-state index is -4.59. The van der Waals surface area contributed by atoms with E-state index >= 15 is 0 Å². The van der Waals surface area contributed by atoms with Crippen molar-refractivity contribution in [3.63, 3.8) is 0 Å². The first-order chi connectivity index (χ1) is 8.89. The van der Waals surface area contributed by atoms with Crippen LogP contribution in [0.4, 0.5) is 13.2 Å². The number of hydrogen-bond donors (Lipinski definition) is 1. The predicted molar refractivity (Wildman–Crippen MR) is 60.4 cm³/mol. The zero-order chi connectivity index (χ0) is 14.0. The van der Waals surface area contributed by atoms with Gasteiger partial charge in [-0.3, -0.25) is 9.78 Å². The number of β-amino-alcohol motifs (C(OH)–C–C–N with tert-alkyl or cyclic N) is 1. The van der Waals surface area contributed by atoms with E-state index in [1.165, 1.54) is 4.90 Å². The molecule has 1 amide bonds. The minimum Gasteiger partial charge on any atom is -0.391 e. The van der Waals surface area contributed by atoms with Gasteiger partial charge < -0.3 is 10.0 Å². The Morgan fingerprint density at radius 3 is 2.84 bits per heavy atom. The van der Waals surface area contributed by atoms with E-state index in [2.05, 4.69) is 4.98 Å². The summed E-state index contributed by atoms with van der Waals surface area (Å²) in [5.41, 5.74) is -1.46. The highest BCUT2D eigenvalue weighted by atomic mass is 19.4. The normalized spacial score (nSPS) is 20.4. The summed E-state index contributed by atoms with van der Waals surface area (Å²) in [5.74, 6) is -0.737. The number of aliphatic hydroxyl groups is 1. The highest BCUT2D eigenvalue weighted by Gasteiger charge is 2.36. The summed E-state index contributed by atoms with van der Waals surface area (Å²) in [7, 11) is 0. The maximum Gasteiger partial charge on any atom is 0.417 e. The molecule has 19 heavy (non-hydrogen) atoms. The van der Waals surface area contributed by atoms with Crippen molar-refractivity contribution in [2.45, 2.75) is 25.1 Å². The quantitative estimate of drug-likeness (QED) is 0.848. The van der Waals surface area contributed by atoms with Crippen LogP contribution in [0, 0.1) is 0 Å². The van der Waals surface area contributed by atoms with Crippen molar-refractivity contribution < 1.29 is 23.1 Å². The van der Waals surface area contributed by atoms with Crippen molar-refractivity contribution in [2.75, 3.05) is 13.1 Å². The molecule has 0 radical (unpaired) electrons. The fourth-order valence-corrected chi connectivity index (χ4v) is 2.12. The number of halogens is 3. The van der Waals surface area contributed by atoms with Crippen molar-refractivity contribution in [2.24, 2.45) is 0 Å². The molecule has 0 saturated carbocycles. The maximum absolute atomic E-state index is 12.8. The van der Waals surface area contributed by atoms with E-state index in [-0.39, 0.29) is 6.54 Å². The summed E-state index contributed by atoms with van der Waals surface area (Å²) in [4.78, 5) is 16.9. The molecule has 1 aromatic rings. The SMILES string of the molecule is O=C(c1cnccc1C(F)(F)F)N1CCCC(O)C1. The molecule has 104 valence electrons. The Morgan fingerprint density at radius 2 is 2.21 bits per heavy atom. The summed E-state index contributed by atoms with van der Waals surface area (Å²) >= 11 is 0. The minimum absolute atomic E-state index is 0.0605. The van der Waals surface area contributed by atoms with Gasteiger partial charge in [0.2, 0.25) is 0 Å². The van der Waals surface area contributed by atoms with Gasteiger partial charge in [-0.05, 0) is 18.9 Å². The number of nitrogens with zero attached hydrogens (tertiary/aromatic N) is 2. The molecule has 2 heterocycles. The number of alkyl halides is 3. The second-order valence-corrected chi connectivity index (χ2v) is 4.47. The fraction of sp³-hybridized carbons (Fsp3) is 0.500. The van der Waals surface area contributed by atoms with Crippen LogP contribution < -0.4 is 0 Å². The average Bonchev–Trinajstić information content (AvgIpc) is 2.37. The van der Waals surface area contributed by atoms with Gasteiger partial charge in [-0.25, -0.2) is 0 Å². The second-order valence-electron chi connectivity index (χ2n) is 4.47. The lowest BCUT2D eigenvalue weighted by Crippen LogP contribution is -2.42. The summed E-state index contributed by atoms with van der Waals surface area (Å²) in [5, 5.41) is 9.47. The van der Waals surface area contributed by atoms with E-state index in [0.717, 1.165) is 18.5 Å². The van der Waals surface area contributed by atoms with Crippen molar-refractivity contribution in [1.29, 1.82) is 0 Å². The maximum atomic E-state index is 12.8. The molecule has 2 rings (SSSR count). The van der Waals surface area contributed by atoms with E-state index in [4.69, 9.17) is 0 Å². The number of likely N-dealkylation sites (tertiary alicyclic amines) is 1. The second kappa shape index (κ2) is 5.16. The first kappa shape index (κ1) is 13.8. The van der Waals surface area contributed by atoms with Crippen LogP contribution in [-0.4, -0.2) is 40.1 Å². The van der Waals surface area contributed by atoms with E-state index in [1.54, 1.807) is 0 Å². The third kappa shape index (κ3) is 3.04. The molecule has 1 aliphatic heterocycles. The van der Waals surface area contributed by atoms with Crippen LogP contribution in [0.1, 0.15) is 28.8 Å². The number of aromatic nitrogens is 1. The number of aliphatic hydroxyl groups excluding tert-OH is 1. The summed E-state index contributed by atoms with van der Waals surface area (Å²) in [6.07, 6.45) is -2.21. The lowest BCUT2D eigenvalue weighted by Gasteiger charge is -2.30. The topological polar surface area (TPSA) is 53.4 Å². The largest absolute Gasteiger partial charge is 0.417 e. The number of carbonyl (C=O) groups is 1. The van der Waals surface area contributed by atoms with Gasteiger partial charge in [0.05, 0.1) is 17.2 Å². The Labute approximate surface area is 107 Å². The Hall–Kier alpha value is -1.63. The van der Waals surface area contributed by atoms with E-state index < -0.39 is 29.3 Å². The molecule has 0 aromatic carbocycles. The first-order valence-corrected chi connectivity index (χ1v) is 5.88. The zero-order valence-corrected chi connectivity index (χ0v) is 10.0. The van der Waals surface area contributed by atoms with Gasteiger partial charge in [-0.15, -0.1) is 0 Å². The molecule has 0 aliphatic carbocycles. The van der Waals surface area contributed by atoms with Crippen LogP contribution in [-0.2, 0) is 6.18 Å². The molecule has 0 bridgehead atoms. The Kier molecular flexibility index (Phi) is 3.75. The van der Waals surface area contributed by atoms with Gasteiger partial charge in [0, 0.05) is 25.5 Å². The van der Waals surface area contributed by atoms with Gasteiger partial charge >= 0.3 is 6.18 Å². The third-order valence-corrected chi connectivity index (χ3v) is 3.04. The van der Waals surface area contributed by atoms with E-state index in [0.29, 0.717) is 19.4 Å². The van der Waals surface area contributed by atoms with Crippen molar-refractivity contribution in [1.82, 2.24) is 9.88 Å². The van der Waals surface area contributed by atoms with Gasteiger partial charge in [-0.1, -0.05) is 0 Å². The summed E-state index contributed by atoms with van der Waals surface area (Å²) in [6.45, 7) is 0.410. The number of pyridine rings is 1. The molecule has 4 nitrogen and oxygen atoms in total. The van der Waals surface area contributed by atoms with Gasteiger partial charge in [0.1, 0.15) is 0 Å². The van der Waals surface area contributed by atoms with Crippen LogP contribution in [0.5, 0.6) is 0 Å². The van der Waals surface area contributed by atoms with E-state index in [9.17, 15) is 23.1 Å². The summed E-state index contributed by atoms with van der Waals surface area (Å²) < 4.78 is 38.4. The van der Waals surface area contributed by atoms with Crippen LogP contribution in [0.15, 0.2) is 18.5 Å². The standard InChI is InChI=1S/C12H13F3N2O2/c13-12(14,15)10-3-4-16-6-9(10)11(19)17-5-1-2-8(18)7-17/h3-4,6,8,18H,1-2,5,7H2. The van der Waals surface area contributed by atoms with E-state index in [1.807, 2.05) is 0 Å². The van der Waals surface area contributed by atoms with Crippen LogP contribution in [0.3, 0.4) is 0 Å². The number of carbonyl (C=O) groups excluding carboxylic acids is 1. The average molecular weight is 274 g/mol. The van der Waals surface area contributed by atoms with Crippen LogP contribution in [0.2, 0.25) is 0 Å². The lowest BCUT2D eigenvalue weighted by atomic mass is 10.0. The molecule has 1 unspecified atom stereocenters. The lowest BCUT2D eigenvalue weighted by molar-refractivity contribution is -0.138. The van der Waals surface area contributed by atoms with Gasteiger partial charge in [-0.2, -0.15) is 13.2 Å². The monoisotopic (exact) mass is 274 g/mol. The number of piperidine rings is 1. The molecule has 1 atom stereocenters. The Morgan fingerprint density at radius 1 is 1.47 bits per heavy atom. The molecule has 1 N–H and O–H groups in total. The van der Waals surface area contributed by atoms with Crippen molar-refractivity contribution in [3.8, 4) is 0 Å². The fourth-order valence-electron chi connectivity index (χ4n) is 2.12. The summed E-state index contributed by atoms with van der Waals surface area (Å²) in [6, 6.07) is 0.785. The van der Waals surface area contributed by atoms with Gasteiger partial charge in [0.15, 0.2) is 0 Å². The highest BCUT2D eigenvalue weighted by Crippen LogP contribution is 2.32. The number of amides is 1. The van der Waals surface area contributed by atoms with Crippen LogP contribution >= 0.6 is 0 Å². The zero-order valence-electron chi connectivity index (χ0n) is 10.0. The molecule has 0 spiro atoms. The highest BCUT2D eigenvalue weighted by molar-refractivity contribution is 5.95. The Balaban J connectivity index is 2.29. The molecule has 1 fully saturated rings. The molecule has 1 aliphatic rings. The molecular weight excluding hydrogens is 261 g/mol. The number of rotatable bonds is 1. The predicted octanol–water partition coefficient (Wildman–Crippen LogP) is 1.70. The molecule has 7 heteroatoms. The third-order valence-electron chi connectivity index (χ3n) is 3.04. The number of hydrogen-bond acceptors (Lipinski definition) is 3. The molecule has 1 saturated heterocycles. The first-order valence-electron chi connectivity index (χ1n) is 5.88. The van der Waals surface area contributed by atoms with Gasteiger partial charge in [0.25, 0.3) is 5.91 Å².